The molecular formula is C24H26ClN7O2. The van der Waals surface area contributed by atoms with Gasteiger partial charge in [0.25, 0.3) is 0 Å². The van der Waals surface area contributed by atoms with Gasteiger partial charge in [-0.1, -0.05) is 11.6 Å². The first-order valence-corrected chi connectivity index (χ1v) is 12.1. The van der Waals surface area contributed by atoms with Crippen molar-refractivity contribution in [2.45, 2.75) is 37.8 Å². The summed E-state index contributed by atoms with van der Waals surface area (Å²) in [6.45, 7) is 3.19. The second-order valence-electron chi connectivity index (χ2n) is 8.78. The Kier molecular flexibility index (Phi) is 5.80. The molecule has 0 atom stereocenters. The third-order valence-electron chi connectivity index (χ3n) is 6.57. The van der Waals surface area contributed by atoms with Gasteiger partial charge in [0.15, 0.2) is 0 Å². The van der Waals surface area contributed by atoms with Crippen LogP contribution in [0.2, 0.25) is 5.15 Å². The zero-order chi connectivity index (χ0) is 22.9. The lowest BCUT2D eigenvalue weighted by Gasteiger charge is -2.31. The van der Waals surface area contributed by atoms with E-state index in [-0.39, 0.29) is 12.1 Å². The Morgan fingerprint density at radius 1 is 1.06 bits per heavy atom. The van der Waals surface area contributed by atoms with Crippen LogP contribution in [0.1, 0.15) is 25.7 Å². The quantitative estimate of drug-likeness (QED) is 0.411. The minimum atomic E-state index is 0.124. The van der Waals surface area contributed by atoms with Gasteiger partial charge < -0.3 is 24.7 Å². The molecule has 2 N–H and O–H groups in total. The van der Waals surface area contributed by atoms with Gasteiger partial charge in [-0.05, 0) is 37.8 Å². The van der Waals surface area contributed by atoms with Crippen LogP contribution in [0.3, 0.4) is 0 Å². The predicted molar refractivity (Wildman–Crippen MR) is 132 cm³/mol. The van der Waals surface area contributed by atoms with Gasteiger partial charge >= 0.3 is 0 Å². The lowest BCUT2D eigenvalue weighted by molar-refractivity contribution is 0.122. The number of morpholine rings is 1. The van der Waals surface area contributed by atoms with E-state index in [9.17, 15) is 0 Å². The molecule has 34 heavy (non-hydrogen) atoms. The second kappa shape index (κ2) is 9.23. The highest BCUT2D eigenvalue weighted by Crippen LogP contribution is 2.33. The number of H-pyrrole nitrogens is 1. The first-order chi connectivity index (χ1) is 16.7. The Balaban J connectivity index is 1.14. The van der Waals surface area contributed by atoms with Crippen molar-refractivity contribution in [3.8, 4) is 5.75 Å². The molecule has 1 saturated carbocycles. The number of halogens is 1. The van der Waals surface area contributed by atoms with E-state index in [1.165, 1.54) is 0 Å². The number of nitrogens with zero attached hydrogens (tertiary/aromatic N) is 5. The molecule has 176 valence electrons. The normalized spacial score (nSPS) is 21.1. The molecule has 2 fully saturated rings. The van der Waals surface area contributed by atoms with Crippen molar-refractivity contribution in [2.24, 2.45) is 0 Å². The Morgan fingerprint density at radius 3 is 2.74 bits per heavy atom. The number of ether oxygens (including phenoxy) is 2. The van der Waals surface area contributed by atoms with Crippen molar-refractivity contribution >= 4 is 45.3 Å². The van der Waals surface area contributed by atoms with Gasteiger partial charge in [-0.25, -0.2) is 9.97 Å². The molecule has 9 nitrogen and oxygen atoms in total. The molecular weight excluding hydrogens is 454 g/mol. The van der Waals surface area contributed by atoms with Gasteiger partial charge in [-0.2, -0.15) is 4.98 Å². The number of benzene rings is 1. The summed E-state index contributed by atoms with van der Waals surface area (Å²) < 4.78 is 12.0. The molecule has 1 aliphatic carbocycles. The average molecular weight is 480 g/mol. The van der Waals surface area contributed by atoms with E-state index in [0.717, 1.165) is 85.5 Å². The molecule has 0 radical (unpaired) electrons. The van der Waals surface area contributed by atoms with Crippen molar-refractivity contribution in [1.82, 2.24) is 24.9 Å². The smallest absolute Gasteiger partial charge is 0.226 e. The Morgan fingerprint density at radius 2 is 1.88 bits per heavy atom. The van der Waals surface area contributed by atoms with Crippen LogP contribution < -0.4 is 15.0 Å². The number of rotatable bonds is 5. The maximum Gasteiger partial charge on any atom is 0.226 e. The summed E-state index contributed by atoms with van der Waals surface area (Å²) in [6, 6.07) is 6.35. The van der Waals surface area contributed by atoms with Crippen molar-refractivity contribution < 1.29 is 9.47 Å². The first kappa shape index (κ1) is 21.4. The maximum absolute atomic E-state index is 6.52. The van der Waals surface area contributed by atoms with Crippen LogP contribution >= 0.6 is 11.6 Å². The van der Waals surface area contributed by atoms with Crippen molar-refractivity contribution in [2.75, 3.05) is 36.5 Å². The summed E-state index contributed by atoms with van der Waals surface area (Å²) in [5.41, 5.74) is 3.51. The zero-order valence-electron chi connectivity index (χ0n) is 18.7. The Hall–Kier alpha value is -3.17. The molecule has 0 amide bonds. The second-order valence-corrected chi connectivity index (χ2v) is 9.14. The van der Waals surface area contributed by atoms with Crippen LogP contribution in [0, 0.1) is 0 Å². The van der Waals surface area contributed by atoms with Crippen molar-refractivity contribution in [1.29, 1.82) is 0 Å². The number of hydrogen-bond donors (Lipinski definition) is 2. The minimum absolute atomic E-state index is 0.124. The highest BCUT2D eigenvalue weighted by atomic mass is 35.5. The van der Waals surface area contributed by atoms with Gasteiger partial charge in [-0.15, -0.1) is 0 Å². The highest BCUT2D eigenvalue weighted by molar-refractivity contribution is 6.34. The molecule has 3 aromatic heterocycles. The topological polar surface area (TPSA) is 101 Å². The van der Waals surface area contributed by atoms with Crippen molar-refractivity contribution in [3.63, 3.8) is 0 Å². The number of hydrogen-bond acceptors (Lipinski definition) is 8. The molecule has 6 rings (SSSR count). The lowest BCUT2D eigenvalue weighted by atomic mass is 9.93. The summed E-state index contributed by atoms with van der Waals surface area (Å²) in [6.07, 6.45) is 9.17. The van der Waals surface area contributed by atoms with E-state index in [1.807, 2.05) is 12.3 Å². The maximum atomic E-state index is 6.52. The van der Waals surface area contributed by atoms with E-state index in [0.29, 0.717) is 11.1 Å². The van der Waals surface area contributed by atoms with Crippen LogP contribution in [0.25, 0.3) is 22.1 Å². The summed E-state index contributed by atoms with van der Waals surface area (Å²) in [5, 5.41) is 4.74. The molecule has 1 aromatic carbocycles. The van der Waals surface area contributed by atoms with Gasteiger partial charge in [0.05, 0.1) is 30.2 Å². The van der Waals surface area contributed by atoms with E-state index < -0.39 is 0 Å². The zero-order valence-corrected chi connectivity index (χ0v) is 19.5. The number of nitrogens with one attached hydrogen (secondary N) is 2. The van der Waals surface area contributed by atoms with Crippen molar-refractivity contribution in [3.05, 3.63) is 41.9 Å². The molecule has 1 aliphatic heterocycles. The van der Waals surface area contributed by atoms with Crippen LogP contribution in [0.15, 0.2) is 36.8 Å². The fourth-order valence-corrected chi connectivity index (χ4v) is 5.01. The fourth-order valence-electron chi connectivity index (χ4n) is 4.78. The summed E-state index contributed by atoms with van der Waals surface area (Å²) in [4.78, 5) is 23.5. The number of anilines is 2. The van der Waals surface area contributed by atoms with E-state index >= 15 is 0 Å². The van der Waals surface area contributed by atoms with E-state index in [1.54, 1.807) is 12.4 Å². The van der Waals surface area contributed by atoms with Crippen LogP contribution in [0.4, 0.5) is 11.6 Å². The summed E-state index contributed by atoms with van der Waals surface area (Å²) in [5.74, 6) is 1.36. The molecule has 0 unspecified atom stereocenters. The summed E-state index contributed by atoms with van der Waals surface area (Å²) >= 11 is 6.30. The van der Waals surface area contributed by atoms with Gasteiger partial charge in [0, 0.05) is 49.5 Å². The first-order valence-electron chi connectivity index (χ1n) is 11.7. The molecule has 2 aliphatic rings. The number of aromatic nitrogens is 5. The third kappa shape index (κ3) is 4.33. The molecule has 0 spiro atoms. The fraction of sp³-hybridized carbons (Fsp3) is 0.417. The molecule has 1 saturated heterocycles. The number of aromatic amines is 1. The van der Waals surface area contributed by atoms with Crippen LogP contribution in [0.5, 0.6) is 5.75 Å². The average Bonchev–Trinajstić information content (AvgIpc) is 3.35. The highest BCUT2D eigenvalue weighted by Gasteiger charge is 2.25. The van der Waals surface area contributed by atoms with Gasteiger partial charge in [0.1, 0.15) is 22.1 Å². The minimum Gasteiger partial charge on any atom is -0.488 e. The number of fused-ring (bicyclic) bond motifs is 2. The van der Waals surface area contributed by atoms with Crippen LogP contribution in [-0.2, 0) is 4.74 Å². The summed E-state index contributed by atoms with van der Waals surface area (Å²) in [7, 11) is 0. The Bertz CT molecular complexity index is 1300. The largest absolute Gasteiger partial charge is 0.488 e. The standard InChI is InChI=1S/C24H26ClN7O2/c25-22-18-5-6-28-23(18)31-24(30-22)29-15-1-3-17(4-2-15)34-20-14-16(32-9-11-33-12-10-32)13-19-21(20)27-8-7-26-19/h5-8,13-15,17H,1-4,9-12H2,(H2,28,29,30,31). The molecule has 0 bridgehead atoms. The third-order valence-corrected chi connectivity index (χ3v) is 6.86. The molecule has 4 aromatic rings. The lowest BCUT2D eigenvalue weighted by Crippen LogP contribution is -2.36. The van der Waals surface area contributed by atoms with Crippen LogP contribution in [-0.4, -0.2) is 63.4 Å². The monoisotopic (exact) mass is 479 g/mol. The Labute approximate surface area is 201 Å². The van der Waals surface area contributed by atoms with E-state index in [4.69, 9.17) is 21.1 Å². The molecule has 10 heteroatoms. The molecule has 4 heterocycles. The van der Waals surface area contributed by atoms with Gasteiger partial charge in [0.2, 0.25) is 5.95 Å². The van der Waals surface area contributed by atoms with E-state index in [2.05, 4.69) is 47.3 Å². The van der Waals surface area contributed by atoms with Gasteiger partial charge in [-0.3, -0.25) is 4.98 Å². The SMILES string of the molecule is Clc1nc(NC2CCC(Oc3cc(N4CCOCC4)cc4nccnc34)CC2)nc2[nH]ccc12. The predicted octanol–water partition coefficient (Wildman–Crippen LogP) is 4.19.